The summed E-state index contributed by atoms with van der Waals surface area (Å²) in [4.78, 5) is 23.2. The zero-order valence-corrected chi connectivity index (χ0v) is 9.89. The molecule has 0 amide bonds. The molecule has 0 aliphatic heterocycles. The van der Waals surface area contributed by atoms with Gasteiger partial charge in [-0.25, -0.2) is 9.97 Å². The van der Waals surface area contributed by atoms with Crippen molar-refractivity contribution in [1.82, 2.24) is 19.4 Å². The van der Waals surface area contributed by atoms with Gasteiger partial charge in [0.15, 0.2) is 0 Å². The number of carbonyl (C=O) groups is 1. The average molecular weight is 254 g/mol. The average Bonchev–Trinajstić information content (AvgIpc) is 2.85. The van der Waals surface area contributed by atoms with Crippen LogP contribution in [0.4, 0.5) is 0 Å². The number of hydrogen-bond acceptors (Lipinski definition) is 4. The summed E-state index contributed by atoms with van der Waals surface area (Å²) in [6, 6.07) is 5.39. The van der Waals surface area contributed by atoms with E-state index >= 15 is 0 Å². The molecule has 0 bridgehead atoms. The fourth-order valence-corrected chi connectivity index (χ4v) is 1.85. The number of rotatable bonds is 3. The molecule has 0 spiro atoms. The molecule has 0 saturated carbocycles. The Kier molecular flexibility index (Phi) is 2.68. The second kappa shape index (κ2) is 4.49. The van der Waals surface area contributed by atoms with E-state index < -0.39 is 5.97 Å². The minimum Gasteiger partial charge on any atom is -0.481 e. The lowest BCUT2D eigenvalue weighted by Gasteiger charge is -2.03. The van der Waals surface area contributed by atoms with Crippen LogP contribution in [0.1, 0.15) is 5.69 Å². The lowest BCUT2D eigenvalue weighted by atomic mass is 10.1. The number of imidazole rings is 1. The molecular formula is C13H10N4O2. The number of hydrogen-bond donors (Lipinski definition) is 1. The van der Waals surface area contributed by atoms with Crippen molar-refractivity contribution in [2.24, 2.45) is 0 Å². The highest BCUT2D eigenvalue weighted by Crippen LogP contribution is 2.17. The summed E-state index contributed by atoms with van der Waals surface area (Å²) in [5.74, 6) is -0.296. The first-order chi connectivity index (χ1) is 9.22. The lowest BCUT2D eigenvalue weighted by molar-refractivity contribution is -0.136. The minimum absolute atomic E-state index is 0.0978. The third-order valence-corrected chi connectivity index (χ3v) is 2.71. The van der Waals surface area contributed by atoms with E-state index in [9.17, 15) is 4.79 Å². The molecule has 3 heterocycles. The van der Waals surface area contributed by atoms with Gasteiger partial charge in [-0.2, -0.15) is 0 Å². The highest BCUT2D eigenvalue weighted by Gasteiger charge is 2.06. The van der Waals surface area contributed by atoms with E-state index in [0.29, 0.717) is 11.5 Å². The van der Waals surface area contributed by atoms with Gasteiger partial charge in [0.1, 0.15) is 0 Å². The molecule has 0 radical (unpaired) electrons. The van der Waals surface area contributed by atoms with Crippen molar-refractivity contribution in [3.05, 3.63) is 48.7 Å². The summed E-state index contributed by atoms with van der Waals surface area (Å²) in [6.45, 7) is 0. The number of aromatic nitrogens is 4. The second-order valence-corrected chi connectivity index (χ2v) is 4.05. The van der Waals surface area contributed by atoms with Crippen LogP contribution in [-0.4, -0.2) is 30.4 Å². The van der Waals surface area contributed by atoms with Crippen molar-refractivity contribution < 1.29 is 9.90 Å². The fraction of sp³-hybridized carbons (Fsp3) is 0.0769. The third kappa shape index (κ3) is 2.28. The first kappa shape index (κ1) is 11.3. The summed E-state index contributed by atoms with van der Waals surface area (Å²) in [5, 5.41) is 8.77. The molecule has 3 aromatic rings. The van der Waals surface area contributed by atoms with E-state index in [1.165, 1.54) is 0 Å². The zero-order chi connectivity index (χ0) is 13.2. The Morgan fingerprint density at radius 3 is 2.95 bits per heavy atom. The number of pyridine rings is 1. The first-order valence-electron chi connectivity index (χ1n) is 5.69. The van der Waals surface area contributed by atoms with Crippen molar-refractivity contribution in [1.29, 1.82) is 0 Å². The van der Waals surface area contributed by atoms with Crippen LogP contribution in [0.5, 0.6) is 0 Å². The number of carboxylic acid groups (broad SMARTS) is 1. The molecule has 3 rings (SSSR count). The summed E-state index contributed by atoms with van der Waals surface area (Å²) in [6.07, 6.45) is 6.84. The van der Waals surface area contributed by atoms with Crippen LogP contribution in [0.3, 0.4) is 0 Å². The summed E-state index contributed by atoms with van der Waals surface area (Å²) in [5.41, 5.74) is 2.08. The second-order valence-electron chi connectivity index (χ2n) is 4.05. The van der Waals surface area contributed by atoms with E-state index in [0.717, 1.165) is 11.3 Å². The summed E-state index contributed by atoms with van der Waals surface area (Å²) >= 11 is 0. The van der Waals surface area contributed by atoms with Gasteiger partial charge >= 0.3 is 5.97 Å². The minimum atomic E-state index is -0.902. The Bertz CT molecular complexity index is 751. The summed E-state index contributed by atoms with van der Waals surface area (Å²) in [7, 11) is 0. The van der Waals surface area contributed by atoms with Crippen LogP contribution in [0.2, 0.25) is 0 Å². The smallest absolute Gasteiger partial charge is 0.309 e. The van der Waals surface area contributed by atoms with E-state index in [4.69, 9.17) is 5.11 Å². The molecule has 0 saturated heterocycles. The van der Waals surface area contributed by atoms with Crippen LogP contribution in [0.15, 0.2) is 43.0 Å². The summed E-state index contributed by atoms with van der Waals surface area (Å²) < 4.78 is 1.81. The normalized spacial score (nSPS) is 10.7. The van der Waals surface area contributed by atoms with Crippen LogP contribution in [0.25, 0.3) is 17.0 Å². The van der Waals surface area contributed by atoms with Gasteiger partial charge < -0.3 is 5.11 Å². The highest BCUT2D eigenvalue weighted by atomic mass is 16.4. The molecule has 0 aromatic carbocycles. The molecule has 1 N–H and O–H groups in total. The standard InChI is InChI=1S/C13H10N4O2/c18-12(19)8-10-7-9(1-3-14-10)11-2-5-17-6-4-15-13(17)16-11/h1-7H,8H2,(H,18,19). The Balaban J connectivity index is 2.02. The number of aliphatic carboxylic acids is 1. The first-order valence-corrected chi connectivity index (χ1v) is 5.69. The van der Waals surface area contributed by atoms with Crippen LogP contribution in [0, 0.1) is 0 Å². The molecule has 0 atom stereocenters. The van der Waals surface area contributed by atoms with Crippen LogP contribution < -0.4 is 0 Å². The quantitative estimate of drug-likeness (QED) is 0.764. The largest absolute Gasteiger partial charge is 0.481 e. The zero-order valence-electron chi connectivity index (χ0n) is 9.89. The number of nitrogens with zero attached hydrogens (tertiary/aromatic N) is 4. The molecule has 3 aromatic heterocycles. The van der Waals surface area contributed by atoms with Gasteiger partial charge in [-0.1, -0.05) is 0 Å². The van der Waals surface area contributed by atoms with Gasteiger partial charge in [0.2, 0.25) is 5.78 Å². The molecule has 0 aliphatic rings. The fourth-order valence-electron chi connectivity index (χ4n) is 1.85. The Hall–Kier alpha value is -2.76. The number of fused-ring (bicyclic) bond motifs is 1. The monoisotopic (exact) mass is 254 g/mol. The van der Waals surface area contributed by atoms with Crippen molar-refractivity contribution in [2.45, 2.75) is 6.42 Å². The van der Waals surface area contributed by atoms with Crippen molar-refractivity contribution in [3.8, 4) is 11.3 Å². The molecule has 94 valence electrons. The van der Waals surface area contributed by atoms with Gasteiger partial charge in [0, 0.05) is 30.4 Å². The van der Waals surface area contributed by atoms with Gasteiger partial charge in [-0.05, 0) is 18.2 Å². The predicted molar refractivity (Wildman–Crippen MR) is 67.6 cm³/mol. The van der Waals surface area contributed by atoms with Gasteiger partial charge in [-0.3, -0.25) is 14.2 Å². The topological polar surface area (TPSA) is 80.4 Å². The lowest BCUT2D eigenvalue weighted by Crippen LogP contribution is -2.02. The molecular weight excluding hydrogens is 244 g/mol. The van der Waals surface area contributed by atoms with E-state index in [2.05, 4.69) is 15.0 Å². The number of carboxylic acids is 1. The predicted octanol–water partition coefficient (Wildman–Crippen LogP) is 1.42. The maximum absolute atomic E-state index is 10.7. The molecule has 6 heteroatoms. The van der Waals surface area contributed by atoms with E-state index in [1.807, 2.05) is 22.9 Å². The molecule has 0 fully saturated rings. The SMILES string of the molecule is O=C(O)Cc1cc(-c2ccn3ccnc3n2)ccn1. The Morgan fingerprint density at radius 1 is 1.21 bits per heavy atom. The van der Waals surface area contributed by atoms with E-state index in [1.54, 1.807) is 24.5 Å². The highest BCUT2D eigenvalue weighted by molar-refractivity contribution is 5.70. The van der Waals surface area contributed by atoms with Crippen molar-refractivity contribution in [2.75, 3.05) is 0 Å². The Morgan fingerprint density at radius 2 is 2.11 bits per heavy atom. The Labute approximate surface area is 108 Å². The molecule has 6 nitrogen and oxygen atoms in total. The third-order valence-electron chi connectivity index (χ3n) is 2.71. The molecule has 19 heavy (non-hydrogen) atoms. The van der Waals surface area contributed by atoms with Gasteiger partial charge in [0.25, 0.3) is 0 Å². The van der Waals surface area contributed by atoms with Gasteiger partial charge in [-0.15, -0.1) is 0 Å². The molecule has 0 unspecified atom stereocenters. The molecule has 0 aliphatic carbocycles. The maximum Gasteiger partial charge on any atom is 0.309 e. The van der Waals surface area contributed by atoms with E-state index in [-0.39, 0.29) is 6.42 Å². The van der Waals surface area contributed by atoms with Crippen LogP contribution in [-0.2, 0) is 11.2 Å². The van der Waals surface area contributed by atoms with Gasteiger partial charge in [0.05, 0.1) is 17.8 Å². The van der Waals surface area contributed by atoms with Crippen molar-refractivity contribution in [3.63, 3.8) is 0 Å². The van der Waals surface area contributed by atoms with Crippen molar-refractivity contribution >= 4 is 11.7 Å². The van der Waals surface area contributed by atoms with Crippen LogP contribution >= 0.6 is 0 Å². The maximum atomic E-state index is 10.7.